The van der Waals surface area contributed by atoms with E-state index < -0.39 is 0 Å². The second-order valence-electron chi connectivity index (χ2n) is 11.2. The van der Waals surface area contributed by atoms with Crippen LogP contribution >= 0.6 is 0 Å². The van der Waals surface area contributed by atoms with Crippen LogP contribution in [0.1, 0.15) is 0 Å². The summed E-state index contributed by atoms with van der Waals surface area (Å²) >= 11 is 0. The van der Waals surface area contributed by atoms with E-state index in [0.29, 0.717) is 5.71 Å². The molecule has 7 aromatic carbocycles. The molecule has 9 aromatic rings. The first-order valence-corrected chi connectivity index (χ1v) is 14.9. The number of furan rings is 1. The fraction of sp³-hybridized carbons (Fsp3) is 0. The predicted octanol–water partition coefficient (Wildman–Crippen LogP) is 11.6. The first kappa shape index (κ1) is 24.6. The second-order valence-corrected chi connectivity index (χ2v) is 11.2. The van der Waals surface area contributed by atoms with Crippen LogP contribution in [0.15, 0.2) is 162 Å². The molecule has 0 spiro atoms. The Hall–Kier alpha value is -5.93. The molecule has 206 valence electrons. The summed E-state index contributed by atoms with van der Waals surface area (Å²) in [6, 6.07) is 54.1. The number of benzene rings is 7. The molecule has 0 radical (unpaired) electrons. The lowest BCUT2D eigenvalue weighted by Crippen LogP contribution is -2.09. The Labute approximate surface area is 254 Å². The Morgan fingerprint density at radius 3 is 2.00 bits per heavy atom. The molecule has 0 saturated heterocycles. The Morgan fingerprint density at radius 1 is 0.455 bits per heavy atom. The van der Waals surface area contributed by atoms with Crippen molar-refractivity contribution in [2.75, 3.05) is 4.90 Å². The number of pyridine rings is 1. The van der Waals surface area contributed by atoms with Crippen molar-refractivity contribution in [1.29, 1.82) is 0 Å². The number of fused-ring (bicyclic) bond motifs is 8. The molecular weight excluding hydrogens is 536 g/mol. The summed E-state index contributed by atoms with van der Waals surface area (Å²) in [6.45, 7) is 0. The molecule has 2 heterocycles. The third kappa shape index (κ3) is 3.87. The normalized spacial score (nSPS) is 11.6. The van der Waals surface area contributed by atoms with Crippen molar-refractivity contribution in [3.63, 3.8) is 0 Å². The van der Waals surface area contributed by atoms with E-state index in [1.54, 1.807) is 6.20 Å². The van der Waals surface area contributed by atoms with E-state index in [0.717, 1.165) is 33.4 Å². The highest BCUT2D eigenvalue weighted by molar-refractivity contribution is 6.23. The predicted molar refractivity (Wildman–Crippen MR) is 184 cm³/mol. The minimum Gasteiger partial charge on any atom is -0.438 e. The molecule has 3 heteroatoms. The van der Waals surface area contributed by atoms with Gasteiger partial charge in [-0.3, -0.25) is 0 Å². The van der Waals surface area contributed by atoms with Gasteiger partial charge in [-0.2, -0.15) is 0 Å². The number of para-hydroxylation sites is 1. The van der Waals surface area contributed by atoms with E-state index >= 15 is 0 Å². The average molecular weight is 563 g/mol. The molecule has 0 saturated carbocycles. The topological polar surface area (TPSA) is 29.3 Å². The molecule has 3 nitrogen and oxygen atoms in total. The van der Waals surface area contributed by atoms with Crippen LogP contribution in [0.2, 0.25) is 0 Å². The first-order valence-electron chi connectivity index (χ1n) is 14.9. The SMILES string of the molecule is c1ccc(N(c2ccc(-c3cc4ccc5ccccc5c4c4ccccc34)cc2)c2ccc3oc4ncccc4c3c2)cc1. The first-order chi connectivity index (χ1) is 21.8. The van der Waals surface area contributed by atoms with Gasteiger partial charge in [-0.25, -0.2) is 4.98 Å². The average Bonchev–Trinajstić information content (AvgIpc) is 3.47. The molecule has 0 aliphatic heterocycles. The number of rotatable bonds is 4. The second kappa shape index (κ2) is 9.82. The molecule has 0 aliphatic carbocycles. The highest BCUT2D eigenvalue weighted by atomic mass is 16.3. The zero-order chi connectivity index (χ0) is 29.0. The number of hydrogen-bond acceptors (Lipinski definition) is 3. The van der Waals surface area contributed by atoms with Gasteiger partial charge in [0, 0.05) is 34.0 Å². The van der Waals surface area contributed by atoms with E-state index in [1.165, 1.54) is 43.4 Å². The van der Waals surface area contributed by atoms with Gasteiger partial charge in [0.1, 0.15) is 5.58 Å². The van der Waals surface area contributed by atoms with Gasteiger partial charge < -0.3 is 9.32 Å². The zero-order valence-corrected chi connectivity index (χ0v) is 23.8. The van der Waals surface area contributed by atoms with E-state index in [1.807, 2.05) is 12.1 Å². The molecule has 0 aliphatic rings. The Kier molecular flexibility index (Phi) is 5.50. The number of nitrogens with zero attached hydrogens (tertiary/aromatic N) is 2. The smallest absolute Gasteiger partial charge is 0.227 e. The van der Waals surface area contributed by atoms with Gasteiger partial charge in [-0.15, -0.1) is 0 Å². The van der Waals surface area contributed by atoms with Gasteiger partial charge >= 0.3 is 0 Å². The number of anilines is 3. The van der Waals surface area contributed by atoms with Crippen molar-refractivity contribution in [2.45, 2.75) is 0 Å². The van der Waals surface area contributed by atoms with Crippen LogP contribution in [0.5, 0.6) is 0 Å². The molecule has 0 unspecified atom stereocenters. The molecule has 0 N–H and O–H groups in total. The summed E-state index contributed by atoms with van der Waals surface area (Å²) in [4.78, 5) is 6.72. The fourth-order valence-electron chi connectivity index (χ4n) is 6.67. The monoisotopic (exact) mass is 562 g/mol. The largest absolute Gasteiger partial charge is 0.438 e. The lowest BCUT2D eigenvalue weighted by atomic mass is 9.91. The van der Waals surface area contributed by atoms with Crippen LogP contribution in [0, 0.1) is 0 Å². The van der Waals surface area contributed by atoms with Gasteiger partial charge in [0.15, 0.2) is 0 Å². The highest BCUT2D eigenvalue weighted by Crippen LogP contribution is 2.41. The summed E-state index contributed by atoms with van der Waals surface area (Å²) in [5.74, 6) is 0. The Morgan fingerprint density at radius 2 is 1.14 bits per heavy atom. The maximum atomic E-state index is 6.02. The van der Waals surface area contributed by atoms with Crippen molar-refractivity contribution >= 4 is 71.4 Å². The van der Waals surface area contributed by atoms with Crippen LogP contribution in [0.4, 0.5) is 17.1 Å². The zero-order valence-electron chi connectivity index (χ0n) is 23.8. The fourth-order valence-corrected chi connectivity index (χ4v) is 6.67. The molecular formula is C41H26N2O. The van der Waals surface area contributed by atoms with E-state index in [2.05, 4.69) is 149 Å². The van der Waals surface area contributed by atoms with Gasteiger partial charge in [0.2, 0.25) is 5.71 Å². The van der Waals surface area contributed by atoms with Gasteiger partial charge in [0.05, 0.1) is 0 Å². The lowest BCUT2D eigenvalue weighted by Gasteiger charge is -2.25. The maximum absolute atomic E-state index is 6.02. The molecule has 9 rings (SSSR count). The minimum absolute atomic E-state index is 0.658. The van der Waals surface area contributed by atoms with E-state index in [-0.39, 0.29) is 0 Å². The van der Waals surface area contributed by atoms with Gasteiger partial charge in [-0.1, -0.05) is 91.0 Å². The molecule has 2 aromatic heterocycles. The quantitative estimate of drug-likeness (QED) is 0.200. The summed E-state index contributed by atoms with van der Waals surface area (Å²) in [6.07, 6.45) is 1.77. The molecule has 0 amide bonds. The Bertz CT molecular complexity index is 2490. The number of hydrogen-bond donors (Lipinski definition) is 0. The third-order valence-electron chi connectivity index (χ3n) is 8.69. The van der Waals surface area contributed by atoms with Crippen molar-refractivity contribution in [3.8, 4) is 11.1 Å². The summed E-state index contributed by atoms with van der Waals surface area (Å²) in [5, 5.41) is 9.73. The summed E-state index contributed by atoms with van der Waals surface area (Å²) in [5.41, 5.74) is 7.16. The van der Waals surface area contributed by atoms with Crippen molar-refractivity contribution in [3.05, 3.63) is 158 Å². The number of aromatic nitrogens is 1. The van der Waals surface area contributed by atoms with Crippen molar-refractivity contribution in [1.82, 2.24) is 4.98 Å². The van der Waals surface area contributed by atoms with Crippen LogP contribution in [-0.4, -0.2) is 4.98 Å². The van der Waals surface area contributed by atoms with Crippen LogP contribution < -0.4 is 4.90 Å². The molecule has 44 heavy (non-hydrogen) atoms. The van der Waals surface area contributed by atoms with Crippen molar-refractivity contribution in [2.24, 2.45) is 0 Å². The summed E-state index contributed by atoms with van der Waals surface area (Å²) < 4.78 is 6.02. The standard InChI is InChI=1S/C41H26N2O/c1-2-10-30(11-3-1)43(32-22-23-39-38(26-32)36-15-8-24-42-41(36)44-39)31-20-18-28(19-21-31)37-25-29-17-16-27-9-4-5-12-33(27)40(29)35-14-7-6-13-34(35)37/h1-26H. The highest BCUT2D eigenvalue weighted by Gasteiger charge is 2.17. The molecule has 0 fully saturated rings. The van der Waals surface area contributed by atoms with Crippen LogP contribution in [0.25, 0.3) is 65.5 Å². The third-order valence-corrected chi connectivity index (χ3v) is 8.69. The van der Waals surface area contributed by atoms with E-state index in [9.17, 15) is 0 Å². The van der Waals surface area contributed by atoms with E-state index in [4.69, 9.17) is 4.42 Å². The molecule has 0 bridgehead atoms. The van der Waals surface area contributed by atoms with Crippen LogP contribution in [-0.2, 0) is 0 Å². The summed E-state index contributed by atoms with van der Waals surface area (Å²) in [7, 11) is 0. The minimum atomic E-state index is 0.658. The van der Waals surface area contributed by atoms with Crippen molar-refractivity contribution < 1.29 is 4.42 Å². The van der Waals surface area contributed by atoms with Gasteiger partial charge in [0.25, 0.3) is 0 Å². The lowest BCUT2D eigenvalue weighted by molar-refractivity contribution is 0.654. The van der Waals surface area contributed by atoms with Crippen LogP contribution in [0.3, 0.4) is 0 Å². The Balaban J connectivity index is 1.20. The maximum Gasteiger partial charge on any atom is 0.227 e. The van der Waals surface area contributed by atoms with Gasteiger partial charge in [-0.05, 0) is 104 Å². The molecule has 0 atom stereocenters.